The summed E-state index contributed by atoms with van der Waals surface area (Å²) >= 11 is 0. The molecule has 4 heteroatoms. The second kappa shape index (κ2) is 7.39. The normalized spacial score (nSPS) is 11.4. The zero-order chi connectivity index (χ0) is 19.6. The summed E-state index contributed by atoms with van der Waals surface area (Å²) in [5.41, 5.74) is 5.10. The highest BCUT2D eigenvalue weighted by molar-refractivity contribution is 5.70. The lowest BCUT2D eigenvalue weighted by molar-refractivity contribution is 0.502. The number of nitrogens with one attached hydrogen (secondary N) is 1. The number of nitrogens with zero attached hydrogens (tertiary/aromatic N) is 3. The van der Waals surface area contributed by atoms with E-state index in [9.17, 15) is 0 Å². The summed E-state index contributed by atoms with van der Waals surface area (Å²) in [4.78, 5) is 9.36. The zero-order valence-electron chi connectivity index (χ0n) is 16.9. The van der Waals surface area contributed by atoms with Crippen LogP contribution in [0.3, 0.4) is 0 Å². The summed E-state index contributed by atoms with van der Waals surface area (Å²) in [6.45, 7) is 14.8. The standard InChI is InChI=1S/C23H28N4/c1-7-21-24-12-13-27(21)22-15-19(17(3)26-23(4,5)6)14-20(25-22)18-10-8-16(2)9-11-18/h8-15,26H,3,7H2,1-2,4-6H3. The van der Waals surface area contributed by atoms with Gasteiger partial charge in [0.2, 0.25) is 0 Å². The average molecular weight is 361 g/mol. The van der Waals surface area contributed by atoms with Crippen molar-refractivity contribution in [1.29, 1.82) is 0 Å². The number of aromatic nitrogens is 3. The minimum absolute atomic E-state index is 0.0614. The van der Waals surface area contributed by atoms with Crippen molar-refractivity contribution in [3.05, 3.63) is 72.3 Å². The van der Waals surface area contributed by atoms with E-state index in [-0.39, 0.29) is 5.54 Å². The van der Waals surface area contributed by atoms with E-state index in [2.05, 4.69) is 87.9 Å². The lowest BCUT2D eigenvalue weighted by Crippen LogP contribution is -2.34. The van der Waals surface area contributed by atoms with Gasteiger partial charge in [-0.3, -0.25) is 4.57 Å². The van der Waals surface area contributed by atoms with Crippen LogP contribution in [0, 0.1) is 6.92 Å². The monoisotopic (exact) mass is 360 g/mol. The van der Waals surface area contributed by atoms with Crippen molar-refractivity contribution in [3.63, 3.8) is 0 Å². The molecule has 4 nitrogen and oxygen atoms in total. The van der Waals surface area contributed by atoms with E-state index in [4.69, 9.17) is 4.98 Å². The van der Waals surface area contributed by atoms with Gasteiger partial charge in [-0.15, -0.1) is 0 Å². The number of aryl methyl sites for hydroxylation is 2. The topological polar surface area (TPSA) is 42.7 Å². The lowest BCUT2D eigenvalue weighted by Gasteiger charge is -2.24. The largest absolute Gasteiger partial charge is 0.380 e. The van der Waals surface area contributed by atoms with E-state index >= 15 is 0 Å². The number of imidazole rings is 1. The van der Waals surface area contributed by atoms with Crippen molar-refractivity contribution >= 4 is 5.70 Å². The van der Waals surface area contributed by atoms with Crippen LogP contribution in [-0.4, -0.2) is 20.1 Å². The van der Waals surface area contributed by atoms with Crippen molar-refractivity contribution in [2.45, 2.75) is 46.6 Å². The number of benzene rings is 1. The first-order valence-electron chi connectivity index (χ1n) is 9.36. The molecule has 27 heavy (non-hydrogen) atoms. The van der Waals surface area contributed by atoms with Crippen LogP contribution in [-0.2, 0) is 6.42 Å². The maximum atomic E-state index is 4.92. The minimum atomic E-state index is -0.0614. The predicted molar refractivity (Wildman–Crippen MR) is 113 cm³/mol. The molecule has 0 fully saturated rings. The Morgan fingerprint density at radius 3 is 2.48 bits per heavy atom. The summed E-state index contributed by atoms with van der Waals surface area (Å²) in [5.74, 6) is 1.85. The summed E-state index contributed by atoms with van der Waals surface area (Å²) in [6, 6.07) is 12.6. The van der Waals surface area contributed by atoms with Crippen LogP contribution < -0.4 is 5.32 Å². The highest BCUT2D eigenvalue weighted by Crippen LogP contribution is 2.25. The molecular formula is C23H28N4. The Balaban J connectivity index is 2.13. The molecule has 0 unspecified atom stereocenters. The van der Waals surface area contributed by atoms with Gasteiger partial charge in [0.25, 0.3) is 0 Å². The smallest absolute Gasteiger partial charge is 0.139 e. The molecule has 0 aliphatic carbocycles. The molecule has 1 aromatic carbocycles. The molecule has 0 aliphatic rings. The third-order valence-electron chi connectivity index (χ3n) is 4.31. The first-order valence-corrected chi connectivity index (χ1v) is 9.36. The van der Waals surface area contributed by atoms with Crippen LogP contribution in [0.4, 0.5) is 0 Å². The molecule has 2 heterocycles. The van der Waals surface area contributed by atoms with E-state index in [0.717, 1.165) is 40.6 Å². The Kier molecular flexibility index (Phi) is 5.17. The minimum Gasteiger partial charge on any atom is -0.380 e. The molecule has 0 amide bonds. The van der Waals surface area contributed by atoms with Crippen LogP contribution in [0.1, 0.15) is 44.6 Å². The van der Waals surface area contributed by atoms with Crippen molar-refractivity contribution < 1.29 is 0 Å². The molecule has 0 radical (unpaired) electrons. The highest BCUT2D eigenvalue weighted by atomic mass is 15.1. The number of pyridine rings is 1. The molecule has 1 N–H and O–H groups in total. The fraction of sp³-hybridized carbons (Fsp3) is 0.304. The van der Waals surface area contributed by atoms with Crippen LogP contribution >= 0.6 is 0 Å². The third-order valence-corrected chi connectivity index (χ3v) is 4.31. The first kappa shape index (κ1) is 18.9. The molecule has 2 aromatic heterocycles. The molecule has 0 saturated carbocycles. The Morgan fingerprint density at radius 2 is 1.85 bits per heavy atom. The second-order valence-electron chi connectivity index (χ2n) is 7.89. The number of rotatable bonds is 5. The van der Waals surface area contributed by atoms with E-state index in [1.807, 2.05) is 17.0 Å². The number of hydrogen-bond acceptors (Lipinski definition) is 3. The Bertz CT molecular complexity index is 943. The fourth-order valence-electron chi connectivity index (χ4n) is 3.02. The number of hydrogen-bond donors (Lipinski definition) is 1. The first-order chi connectivity index (χ1) is 12.8. The molecule has 0 spiro atoms. The second-order valence-corrected chi connectivity index (χ2v) is 7.89. The average Bonchev–Trinajstić information content (AvgIpc) is 3.09. The maximum Gasteiger partial charge on any atom is 0.139 e. The molecule has 0 aliphatic heterocycles. The Labute approximate surface area is 162 Å². The van der Waals surface area contributed by atoms with Gasteiger partial charge in [-0.25, -0.2) is 9.97 Å². The van der Waals surface area contributed by atoms with E-state index in [1.165, 1.54) is 5.56 Å². The third kappa shape index (κ3) is 4.45. The Morgan fingerprint density at radius 1 is 1.15 bits per heavy atom. The van der Waals surface area contributed by atoms with Gasteiger partial charge >= 0.3 is 0 Å². The SMILES string of the molecule is C=C(NC(C)(C)C)c1cc(-c2ccc(C)cc2)nc(-n2ccnc2CC)c1. The molecule has 3 aromatic rings. The van der Waals surface area contributed by atoms with Crippen LogP contribution in [0.25, 0.3) is 22.8 Å². The van der Waals surface area contributed by atoms with Crippen molar-refractivity contribution in [2.24, 2.45) is 0 Å². The van der Waals surface area contributed by atoms with E-state index in [0.29, 0.717) is 0 Å². The molecular weight excluding hydrogens is 332 g/mol. The van der Waals surface area contributed by atoms with Gasteiger partial charge in [0.15, 0.2) is 0 Å². The Hall–Kier alpha value is -2.88. The van der Waals surface area contributed by atoms with Crippen LogP contribution in [0.15, 0.2) is 55.4 Å². The van der Waals surface area contributed by atoms with Crippen molar-refractivity contribution in [1.82, 2.24) is 19.9 Å². The lowest BCUT2D eigenvalue weighted by atomic mass is 10.0. The summed E-state index contributed by atoms with van der Waals surface area (Å²) < 4.78 is 2.05. The highest BCUT2D eigenvalue weighted by Gasteiger charge is 2.15. The maximum absolute atomic E-state index is 4.92. The molecule has 3 rings (SSSR count). The van der Waals surface area contributed by atoms with Gasteiger partial charge in [0, 0.05) is 41.2 Å². The zero-order valence-corrected chi connectivity index (χ0v) is 16.9. The molecule has 140 valence electrons. The van der Waals surface area contributed by atoms with Gasteiger partial charge in [-0.1, -0.05) is 43.3 Å². The van der Waals surface area contributed by atoms with E-state index < -0.39 is 0 Å². The van der Waals surface area contributed by atoms with Crippen molar-refractivity contribution in [3.8, 4) is 17.1 Å². The van der Waals surface area contributed by atoms with Crippen LogP contribution in [0.2, 0.25) is 0 Å². The van der Waals surface area contributed by atoms with Gasteiger partial charge < -0.3 is 5.32 Å². The molecule has 0 saturated heterocycles. The summed E-state index contributed by atoms with van der Waals surface area (Å²) in [5, 5.41) is 3.48. The summed E-state index contributed by atoms with van der Waals surface area (Å²) in [7, 11) is 0. The molecule has 0 atom stereocenters. The van der Waals surface area contributed by atoms with Gasteiger partial charge in [-0.05, 0) is 39.8 Å². The predicted octanol–water partition coefficient (Wildman–Crippen LogP) is 5.16. The van der Waals surface area contributed by atoms with Crippen molar-refractivity contribution in [2.75, 3.05) is 0 Å². The van der Waals surface area contributed by atoms with Gasteiger partial charge in [0.1, 0.15) is 11.6 Å². The molecule has 0 bridgehead atoms. The summed E-state index contributed by atoms with van der Waals surface area (Å²) in [6.07, 6.45) is 4.63. The van der Waals surface area contributed by atoms with Gasteiger partial charge in [-0.2, -0.15) is 0 Å². The quantitative estimate of drug-likeness (QED) is 0.683. The fourth-order valence-corrected chi connectivity index (χ4v) is 3.02. The van der Waals surface area contributed by atoms with Crippen LogP contribution in [0.5, 0.6) is 0 Å². The van der Waals surface area contributed by atoms with Gasteiger partial charge in [0.05, 0.1) is 5.69 Å². The van der Waals surface area contributed by atoms with E-state index in [1.54, 1.807) is 0 Å².